The van der Waals surface area contributed by atoms with Crippen LogP contribution in [0.1, 0.15) is 11.1 Å². The van der Waals surface area contributed by atoms with E-state index in [9.17, 15) is 4.79 Å². The topological polar surface area (TPSA) is 64.3 Å². The van der Waals surface area contributed by atoms with E-state index < -0.39 is 6.09 Å². The van der Waals surface area contributed by atoms with E-state index in [0.717, 1.165) is 11.1 Å². The minimum Gasteiger partial charge on any atom is -0.444 e. The summed E-state index contributed by atoms with van der Waals surface area (Å²) in [6.45, 7) is 2.14. The average molecular weight is 256 g/mol. The van der Waals surface area contributed by atoms with Gasteiger partial charge in [0.2, 0.25) is 0 Å². The van der Waals surface area contributed by atoms with Crippen molar-refractivity contribution < 1.29 is 9.53 Å². The normalized spacial score (nSPS) is 9.95. The summed E-state index contributed by atoms with van der Waals surface area (Å²) < 4.78 is 5.14. The zero-order valence-corrected chi connectivity index (χ0v) is 10.7. The van der Waals surface area contributed by atoms with Crippen molar-refractivity contribution in [3.05, 3.63) is 59.7 Å². The summed E-state index contributed by atoms with van der Waals surface area (Å²) in [5.41, 5.74) is 8.82. The zero-order valence-electron chi connectivity index (χ0n) is 10.7. The van der Waals surface area contributed by atoms with Gasteiger partial charge in [0, 0.05) is 11.4 Å². The number of carbonyl (C=O) groups excluding carboxylic acids is 1. The number of carbonyl (C=O) groups is 1. The molecule has 4 heteroatoms. The molecule has 0 spiro atoms. The number of aryl methyl sites for hydroxylation is 1. The predicted octanol–water partition coefficient (Wildman–Crippen LogP) is 3.33. The molecule has 0 aliphatic carbocycles. The van der Waals surface area contributed by atoms with Crippen molar-refractivity contribution in [1.82, 2.24) is 0 Å². The molecule has 2 aromatic rings. The van der Waals surface area contributed by atoms with Crippen LogP contribution in [0.4, 0.5) is 16.2 Å². The summed E-state index contributed by atoms with van der Waals surface area (Å²) in [5, 5.41) is 2.68. The van der Waals surface area contributed by atoms with Crippen molar-refractivity contribution in [3.63, 3.8) is 0 Å². The van der Waals surface area contributed by atoms with Crippen molar-refractivity contribution in [2.45, 2.75) is 13.5 Å². The fourth-order valence-corrected chi connectivity index (χ4v) is 1.64. The summed E-state index contributed by atoms with van der Waals surface area (Å²) in [5.74, 6) is 0. The molecule has 0 heterocycles. The number of amides is 1. The van der Waals surface area contributed by atoms with Gasteiger partial charge in [-0.2, -0.15) is 0 Å². The van der Waals surface area contributed by atoms with E-state index in [1.54, 1.807) is 12.1 Å². The first-order valence-electron chi connectivity index (χ1n) is 5.99. The Morgan fingerprint density at radius 2 is 1.95 bits per heavy atom. The second kappa shape index (κ2) is 5.91. The second-order valence-electron chi connectivity index (χ2n) is 4.26. The molecular formula is C15H16N2O2. The first-order chi connectivity index (χ1) is 9.15. The van der Waals surface area contributed by atoms with E-state index >= 15 is 0 Å². The van der Waals surface area contributed by atoms with Crippen LogP contribution in [0.2, 0.25) is 0 Å². The van der Waals surface area contributed by atoms with Crippen molar-refractivity contribution in [2.24, 2.45) is 0 Å². The molecule has 2 aromatic carbocycles. The molecule has 98 valence electrons. The van der Waals surface area contributed by atoms with Gasteiger partial charge >= 0.3 is 6.09 Å². The molecule has 0 saturated heterocycles. The van der Waals surface area contributed by atoms with E-state index in [-0.39, 0.29) is 6.61 Å². The van der Waals surface area contributed by atoms with E-state index in [1.165, 1.54) is 0 Å². The lowest BCUT2D eigenvalue weighted by atomic mass is 10.2. The molecular weight excluding hydrogens is 240 g/mol. The smallest absolute Gasteiger partial charge is 0.411 e. The number of ether oxygens (including phenoxy) is 1. The van der Waals surface area contributed by atoms with E-state index in [1.807, 2.05) is 43.3 Å². The third-order valence-corrected chi connectivity index (χ3v) is 2.71. The summed E-state index contributed by atoms with van der Waals surface area (Å²) in [6.07, 6.45) is -0.488. The lowest BCUT2D eigenvalue weighted by Gasteiger charge is -2.10. The van der Waals surface area contributed by atoms with Crippen LogP contribution in [0.5, 0.6) is 0 Å². The van der Waals surface area contributed by atoms with Gasteiger partial charge in [-0.05, 0) is 30.2 Å². The molecule has 0 aromatic heterocycles. The Balaban J connectivity index is 1.93. The van der Waals surface area contributed by atoms with Crippen molar-refractivity contribution >= 4 is 17.5 Å². The van der Waals surface area contributed by atoms with Gasteiger partial charge in [-0.15, -0.1) is 0 Å². The third-order valence-electron chi connectivity index (χ3n) is 2.71. The minimum absolute atomic E-state index is 0.244. The maximum absolute atomic E-state index is 11.7. The number of hydrogen-bond donors (Lipinski definition) is 2. The largest absolute Gasteiger partial charge is 0.444 e. The molecule has 0 saturated carbocycles. The van der Waals surface area contributed by atoms with Crippen molar-refractivity contribution in [3.8, 4) is 0 Å². The third kappa shape index (κ3) is 3.74. The fourth-order valence-electron chi connectivity index (χ4n) is 1.64. The Kier molecular flexibility index (Phi) is 4.03. The summed E-state index contributed by atoms with van der Waals surface area (Å²) in [7, 11) is 0. The Labute approximate surface area is 112 Å². The van der Waals surface area contributed by atoms with Crippen LogP contribution < -0.4 is 11.1 Å². The van der Waals surface area contributed by atoms with E-state index in [0.29, 0.717) is 11.4 Å². The monoisotopic (exact) mass is 256 g/mol. The second-order valence-corrected chi connectivity index (χ2v) is 4.26. The molecule has 2 rings (SSSR count). The fraction of sp³-hybridized carbons (Fsp3) is 0.133. The highest BCUT2D eigenvalue weighted by molar-refractivity contribution is 5.86. The van der Waals surface area contributed by atoms with Crippen LogP contribution in [-0.4, -0.2) is 6.09 Å². The Morgan fingerprint density at radius 1 is 1.21 bits per heavy atom. The number of nitrogens with one attached hydrogen (secondary N) is 1. The van der Waals surface area contributed by atoms with Gasteiger partial charge in [-0.25, -0.2) is 4.79 Å². The summed E-state index contributed by atoms with van der Waals surface area (Å²) in [6, 6.07) is 14.9. The number of nitrogen functional groups attached to an aromatic ring is 1. The predicted molar refractivity (Wildman–Crippen MR) is 75.8 cm³/mol. The summed E-state index contributed by atoms with van der Waals surface area (Å²) >= 11 is 0. The minimum atomic E-state index is -0.488. The SMILES string of the molecule is Cc1ccc(N)cc1NC(=O)OCc1ccccc1. The number of rotatable bonds is 3. The van der Waals surface area contributed by atoms with Gasteiger partial charge in [0.25, 0.3) is 0 Å². The first kappa shape index (κ1) is 13.0. The lowest BCUT2D eigenvalue weighted by Crippen LogP contribution is -2.14. The molecule has 0 bridgehead atoms. The highest BCUT2D eigenvalue weighted by Gasteiger charge is 2.06. The van der Waals surface area contributed by atoms with Crippen LogP contribution in [0, 0.1) is 6.92 Å². The molecule has 3 N–H and O–H groups in total. The Morgan fingerprint density at radius 3 is 2.68 bits per heavy atom. The van der Waals surface area contributed by atoms with Crippen LogP contribution in [0.25, 0.3) is 0 Å². The van der Waals surface area contributed by atoms with Crippen LogP contribution >= 0.6 is 0 Å². The van der Waals surface area contributed by atoms with Gasteiger partial charge in [-0.3, -0.25) is 5.32 Å². The molecule has 19 heavy (non-hydrogen) atoms. The molecule has 0 aliphatic heterocycles. The van der Waals surface area contributed by atoms with Gasteiger partial charge in [0.1, 0.15) is 6.61 Å². The molecule has 0 aliphatic rings. The Bertz CT molecular complexity index is 568. The first-order valence-corrected chi connectivity index (χ1v) is 5.99. The summed E-state index contributed by atoms with van der Waals surface area (Å²) in [4.78, 5) is 11.7. The lowest BCUT2D eigenvalue weighted by molar-refractivity contribution is 0.155. The quantitative estimate of drug-likeness (QED) is 0.828. The molecule has 1 amide bonds. The zero-order chi connectivity index (χ0) is 13.7. The highest BCUT2D eigenvalue weighted by atomic mass is 16.5. The highest BCUT2D eigenvalue weighted by Crippen LogP contribution is 2.18. The Hall–Kier alpha value is -2.49. The molecule has 0 fully saturated rings. The van der Waals surface area contributed by atoms with Crippen LogP contribution in [-0.2, 0) is 11.3 Å². The molecule has 0 radical (unpaired) electrons. The molecule has 4 nitrogen and oxygen atoms in total. The van der Waals surface area contributed by atoms with E-state index in [2.05, 4.69) is 5.32 Å². The van der Waals surface area contributed by atoms with Gasteiger partial charge in [-0.1, -0.05) is 36.4 Å². The maximum atomic E-state index is 11.7. The van der Waals surface area contributed by atoms with Gasteiger partial charge in [0.05, 0.1) is 0 Å². The van der Waals surface area contributed by atoms with Crippen LogP contribution in [0.3, 0.4) is 0 Å². The number of hydrogen-bond acceptors (Lipinski definition) is 3. The average Bonchev–Trinajstić information content (AvgIpc) is 2.42. The molecule has 0 atom stereocenters. The number of anilines is 2. The van der Waals surface area contributed by atoms with E-state index in [4.69, 9.17) is 10.5 Å². The van der Waals surface area contributed by atoms with Crippen molar-refractivity contribution in [1.29, 1.82) is 0 Å². The van der Waals surface area contributed by atoms with Gasteiger partial charge < -0.3 is 10.5 Å². The van der Waals surface area contributed by atoms with Gasteiger partial charge in [0.15, 0.2) is 0 Å². The number of benzene rings is 2. The standard InChI is InChI=1S/C15H16N2O2/c1-11-7-8-13(16)9-14(11)17-15(18)19-10-12-5-3-2-4-6-12/h2-9H,10,16H2,1H3,(H,17,18). The van der Waals surface area contributed by atoms with Crippen molar-refractivity contribution in [2.75, 3.05) is 11.1 Å². The number of nitrogens with two attached hydrogens (primary N) is 1. The maximum Gasteiger partial charge on any atom is 0.411 e. The van der Waals surface area contributed by atoms with Crippen LogP contribution in [0.15, 0.2) is 48.5 Å². The molecule has 0 unspecified atom stereocenters.